The monoisotopic (exact) mass is 295 g/mol. The van der Waals surface area contributed by atoms with Crippen molar-refractivity contribution in [1.29, 1.82) is 0 Å². The van der Waals surface area contributed by atoms with Crippen LogP contribution in [0.2, 0.25) is 0 Å². The van der Waals surface area contributed by atoms with E-state index < -0.39 is 0 Å². The van der Waals surface area contributed by atoms with Crippen molar-refractivity contribution < 1.29 is 4.74 Å². The average molecular weight is 296 g/mol. The lowest BCUT2D eigenvalue weighted by Gasteiger charge is -2.29. The van der Waals surface area contributed by atoms with E-state index in [1.807, 2.05) is 0 Å². The van der Waals surface area contributed by atoms with Gasteiger partial charge in [-0.3, -0.25) is 0 Å². The zero-order valence-electron chi connectivity index (χ0n) is 12.7. The molecule has 1 heterocycles. The van der Waals surface area contributed by atoms with Gasteiger partial charge in [0.1, 0.15) is 5.75 Å². The number of halogens is 1. The van der Waals surface area contributed by atoms with Crippen LogP contribution >= 0.6 is 11.6 Å². The highest BCUT2D eigenvalue weighted by molar-refractivity contribution is 6.18. The van der Waals surface area contributed by atoms with Crippen LogP contribution in [-0.4, -0.2) is 25.6 Å². The van der Waals surface area contributed by atoms with E-state index >= 15 is 0 Å². The Hall–Kier alpha value is -0.730. The third kappa shape index (κ3) is 3.67. The topological polar surface area (TPSA) is 21.3 Å². The van der Waals surface area contributed by atoms with Crippen molar-refractivity contribution in [2.75, 3.05) is 25.6 Å². The van der Waals surface area contributed by atoms with Crippen LogP contribution in [-0.2, 0) is 12.8 Å². The number of nitrogens with one attached hydrogen (secondary N) is 1. The van der Waals surface area contributed by atoms with E-state index in [1.165, 1.54) is 11.1 Å². The van der Waals surface area contributed by atoms with Crippen molar-refractivity contribution in [3.8, 4) is 5.75 Å². The van der Waals surface area contributed by atoms with Crippen molar-refractivity contribution in [3.63, 3.8) is 0 Å². The molecule has 2 rings (SSSR count). The van der Waals surface area contributed by atoms with Crippen LogP contribution in [0.15, 0.2) is 18.2 Å². The van der Waals surface area contributed by atoms with E-state index in [-0.39, 0.29) is 5.41 Å². The summed E-state index contributed by atoms with van der Waals surface area (Å²) in [7, 11) is 0. The highest BCUT2D eigenvalue weighted by Gasteiger charge is 2.24. The van der Waals surface area contributed by atoms with Gasteiger partial charge in [-0.1, -0.05) is 26.0 Å². The van der Waals surface area contributed by atoms with Gasteiger partial charge in [-0.15, -0.1) is 11.6 Å². The van der Waals surface area contributed by atoms with Crippen LogP contribution in [0.4, 0.5) is 0 Å². The van der Waals surface area contributed by atoms with Crippen molar-refractivity contribution in [2.24, 2.45) is 5.41 Å². The fraction of sp³-hybridized carbons (Fsp3) is 0.647. The quantitative estimate of drug-likeness (QED) is 0.582. The first-order chi connectivity index (χ1) is 9.73. The second-order valence-corrected chi connectivity index (χ2v) is 6.08. The second-order valence-electron chi connectivity index (χ2n) is 5.81. The summed E-state index contributed by atoms with van der Waals surface area (Å²) in [6, 6.07) is 6.58. The summed E-state index contributed by atoms with van der Waals surface area (Å²) >= 11 is 6.13. The lowest BCUT2D eigenvalue weighted by atomic mass is 9.84. The van der Waals surface area contributed by atoms with Crippen LogP contribution < -0.4 is 10.1 Å². The molecule has 20 heavy (non-hydrogen) atoms. The summed E-state index contributed by atoms with van der Waals surface area (Å²) in [5.41, 5.74) is 3.01. The molecule has 0 saturated heterocycles. The first-order valence-corrected chi connectivity index (χ1v) is 8.28. The molecule has 0 atom stereocenters. The van der Waals surface area contributed by atoms with E-state index in [0.29, 0.717) is 0 Å². The van der Waals surface area contributed by atoms with Gasteiger partial charge in [0.15, 0.2) is 0 Å². The number of alkyl halides is 1. The van der Waals surface area contributed by atoms with Gasteiger partial charge in [0.2, 0.25) is 0 Å². The number of hydrogen-bond acceptors (Lipinski definition) is 2. The van der Waals surface area contributed by atoms with Crippen LogP contribution in [0.25, 0.3) is 0 Å². The first-order valence-electron chi connectivity index (χ1n) is 7.74. The predicted octanol–water partition coefficient (Wildman–Crippen LogP) is 3.80. The Morgan fingerprint density at radius 1 is 1.30 bits per heavy atom. The maximum Gasteiger partial charge on any atom is 0.122 e. The molecular formula is C17H26ClNO. The first kappa shape index (κ1) is 15.7. The van der Waals surface area contributed by atoms with Gasteiger partial charge < -0.3 is 10.1 Å². The maximum atomic E-state index is 6.13. The summed E-state index contributed by atoms with van der Waals surface area (Å²) in [4.78, 5) is 0. The zero-order valence-corrected chi connectivity index (χ0v) is 13.4. The van der Waals surface area contributed by atoms with Crippen molar-refractivity contribution in [1.82, 2.24) is 5.32 Å². The van der Waals surface area contributed by atoms with E-state index in [0.717, 1.165) is 57.0 Å². The number of rotatable bonds is 8. The van der Waals surface area contributed by atoms with Gasteiger partial charge in [-0.05, 0) is 48.4 Å². The summed E-state index contributed by atoms with van der Waals surface area (Å²) in [6.45, 7) is 7.32. The van der Waals surface area contributed by atoms with E-state index in [9.17, 15) is 0 Å². The molecule has 1 aliphatic heterocycles. The van der Waals surface area contributed by atoms with Crippen molar-refractivity contribution >= 4 is 11.6 Å². The third-order valence-electron chi connectivity index (χ3n) is 4.63. The van der Waals surface area contributed by atoms with Crippen LogP contribution in [0.3, 0.4) is 0 Å². The number of hydrogen-bond donors (Lipinski definition) is 1. The third-order valence-corrected chi connectivity index (χ3v) is 5.19. The molecule has 1 N–H and O–H groups in total. The van der Waals surface area contributed by atoms with Gasteiger partial charge >= 0.3 is 0 Å². The molecule has 0 spiro atoms. The van der Waals surface area contributed by atoms with Gasteiger partial charge in [0.05, 0.1) is 6.61 Å². The summed E-state index contributed by atoms with van der Waals surface area (Å²) < 4.78 is 5.54. The molecular weight excluding hydrogens is 270 g/mol. The minimum Gasteiger partial charge on any atom is -0.493 e. The van der Waals surface area contributed by atoms with Gasteiger partial charge in [0, 0.05) is 18.8 Å². The van der Waals surface area contributed by atoms with Gasteiger partial charge in [-0.25, -0.2) is 0 Å². The van der Waals surface area contributed by atoms with E-state index in [2.05, 4.69) is 37.4 Å². The molecule has 2 nitrogen and oxygen atoms in total. The van der Waals surface area contributed by atoms with Crippen molar-refractivity contribution in [3.05, 3.63) is 29.3 Å². The Kier molecular flexibility index (Phi) is 5.74. The molecule has 1 aliphatic rings. The summed E-state index contributed by atoms with van der Waals surface area (Å²) in [5, 5.41) is 3.58. The number of fused-ring (bicyclic) bond motifs is 1. The zero-order chi connectivity index (χ0) is 14.4. The molecule has 0 aliphatic carbocycles. The normalized spacial score (nSPS) is 14.2. The lowest BCUT2D eigenvalue weighted by Crippen LogP contribution is -2.35. The van der Waals surface area contributed by atoms with Gasteiger partial charge in [0.25, 0.3) is 0 Å². The number of benzene rings is 1. The molecule has 0 fully saturated rings. The fourth-order valence-electron chi connectivity index (χ4n) is 2.72. The molecule has 0 bridgehead atoms. The Labute approximate surface area is 127 Å². The summed E-state index contributed by atoms with van der Waals surface area (Å²) in [5.74, 6) is 1.81. The molecule has 112 valence electrons. The maximum absolute atomic E-state index is 6.13. The Morgan fingerprint density at radius 2 is 2.10 bits per heavy atom. The number of ether oxygens (including phenoxy) is 1. The Bertz CT molecular complexity index is 421. The minimum absolute atomic E-state index is 0.257. The fourth-order valence-corrected chi connectivity index (χ4v) is 3.19. The molecule has 0 radical (unpaired) electrons. The average Bonchev–Trinajstić information content (AvgIpc) is 2.96. The Morgan fingerprint density at radius 3 is 2.80 bits per heavy atom. The smallest absolute Gasteiger partial charge is 0.122 e. The van der Waals surface area contributed by atoms with Crippen molar-refractivity contribution in [2.45, 2.75) is 39.5 Å². The predicted molar refractivity (Wildman–Crippen MR) is 85.9 cm³/mol. The molecule has 1 aromatic carbocycles. The highest BCUT2D eigenvalue weighted by Crippen LogP contribution is 2.27. The standard InChI is InChI=1S/C17H26ClNO/c1-3-17(4-2,12-18)13-19-9-7-14-5-6-16-15(11-14)8-10-20-16/h5-6,11,19H,3-4,7-10,12-13H2,1-2H3. The van der Waals surface area contributed by atoms with E-state index in [1.54, 1.807) is 0 Å². The molecule has 0 saturated carbocycles. The van der Waals surface area contributed by atoms with Crippen LogP contribution in [0, 0.1) is 5.41 Å². The highest BCUT2D eigenvalue weighted by atomic mass is 35.5. The molecule has 0 unspecified atom stereocenters. The molecule has 0 aromatic heterocycles. The van der Waals surface area contributed by atoms with E-state index in [4.69, 9.17) is 16.3 Å². The summed E-state index contributed by atoms with van der Waals surface area (Å²) in [6.07, 6.45) is 4.39. The van der Waals surface area contributed by atoms with Crippen LogP contribution in [0.5, 0.6) is 5.75 Å². The lowest BCUT2D eigenvalue weighted by molar-refractivity contribution is 0.288. The van der Waals surface area contributed by atoms with Gasteiger partial charge in [-0.2, -0.15) is 0 Å². The molecule has 3 heteroatoms. The Balaban J connectivity index is 1.78. The SMILES string of the molecule is CCC(CC)(CCl)CNCCc1ccc2c(c1)CCO2. The molecule has 1 aromatic rings. The van der Waals surface area contributed by atoms with Crippen LogP contribution in [0.1, 0.15) is 37.8 Å². The molecule has 0 amide bonds. The second kappa shape index (κ2) is 7.33. The minimum atomic E-state index is 0.257. The largest absolute Gasteiger partial charge is 0.493 e.